The fraction of sp³-hybridized carbons (Fsp3) is 0.636. The first-order valence-electron chi connectivity index (χ1n) is 6.41. The van der Waals surface area contributed by atoms with Gasteiger partial charge in [0.05, 0.1) is 11.0 Å². The number of nitro groups is 1. The maximum Gasteiger partial charge on any atom is 0.300 e. The van der Waals surface area contributed by atoms with Crippen molar-refractivity contribution in [3.05, 3.63) is 20.5 Å². The van der Waals surface area contributed by atoms with Crippen LogP contribution in [-0.2, 0) is 14.8 Å². The summed E-state index contributed by atoms with van der Waals surface area (Å²) >= 11 is 6.44. The highest BCUT2D eigenvalue weighted by atomic mass is 35.5. The van der Waals surface area contributed by atoms with Gasteiger partial charge in [-0.25, -0.2) is 8.42 Å². The molecule has 0 bridgehead atoms. The van der Waals surface area contributed by atoms with E-state index in [1.165, 1.54) is 4.31 Å². The highest BCUT2D eigenvalue weighted by molar-refractivity contribution is 7.91. The molecular formula is C11H15ClN2O5S2. The van der Waals surface area contributed by atoms with Crippen LogP contribution in [0.3, 0.4) is 0 Å². The van der Waals surface area contributed by atoms with E-state index in [4.69, 9.17) is 16.3 Å². The van der Waals surface area contributed by atoms with Crippen molar-refractivity contribution in [2.75, 3.05) is 19.7 Å². The van der Waals surface area contributed by atoms with Crippen molar-refractivity contribution in [1.82, 2.24) is 4.31 Å². The minimum atomic E-state index is -3.77. The molecule has 0 aromatic carbocycles. The Morgan fingerprint density at radius 3 is 2.90 bits per heavy atom. The van der Waals surface area contributed by atoms with Gasteiger partial charge in [-0.05, 0) is 19.8 Å². The average molecular weight is 355 g/mol. The zero-order valence-corrected chi connectivity index (χ0v) is 13.7. The maximum atomic E-state index is 12.5. The van der Waals surface area contributed by atoms with Crippen molar-refractivity contribution in [2.45, 2.75) is 30.1 Å². The summed E-state index contributed by atoms with van der Waals surface area (Å²) in [5, 5.41) is 10.8. The number of nitrogens with zero attached hydrogens (tertiary/aromatic N) is 2. The van der Waals surface area contributed by atoms with Crippen LogP contribution < -0.4 is 0 Å². The van der Waals surface area contributed by atoms with Crippen LogP contribution in [0.25, 0.3) is 0 Å². The van der Waals surface area contributed by atoms with Crippen LogP contribution in [0, 0.1) is 10.1 Å². The van der Waals surface area contributed by atoms with Gasteiger partial charge in [0.25, 0.3) is 15.7 Å². The van der Waals surface area contributed by atoms with Gasteiger partial charge in [0.1, 0.15) is 4.21 Å². The fourth-order valence-corrected chi connectivity index (χ4v) is 5.54. The molecule has 118 valence electrons. The summed E-state index contributed by atoms with van der Waals surface area (Å²) < 4.78 is 31.6. The van der Waals surface area contributed by atoms with E-state index < -0.39 is 14.9 Å². The molecule has 0 N–H and O–H groups in total. The average Bonchev–Trinajstić information content (AvgIpc) is 2.82. The Morgan fingerprint density at radius 1 is 1.62 bits per heavy atom. The summed E-state index contributed by atoms with van der Waals surface area (Å²) in [5.74, 6) is 0. The first kappa shape index (κ1) is 16.6. The summed E-state index contributed by atoms with van der Waals surface area (Å²) in [4.78, 5) is 10.1. The Morgan fingerprint density at radius 2 is 2.33 bits per heavy atom. The predicted octanol–water partition coefficient (Wildman–Crippen LogP) is 2.50. The van der Waals surface area contributed by atoms with Gasteiger partial charge in [0, 0.05) is 25.8 Å². The molecule has 1 aliphatic heterocycles. The first-order chi connectivity index (χ1) is 9.86. The minimum Gasteiger partial charge on any atom is -0.377 e. The number of piperidine rings is 1. The van der Waals surface area contributed by atoms with Crippen molar-refractivity contribution in [1.29, 1.82) is 0 Å². The third-order valence-electron chi connectivity index (χ3n) is 3.18. The number of thiophene rings is 1. The monoisotopic (exact) mass is 354 g/mol. The Bertz CT molecular complexity index is 629. The molecule has 1 atom stereocenters. The zero-order valence-electron chi connectivity index (χ0n) is 11.3. The van der Waals surface area contributed by atoms with E-state index in [0.29, 0.717) is 30.9 Å². The van der Waals surface area contributed by atoms with E-state index in [1.807, 2.05) is 6.92 Å². The highest BCUT2D eigenvalue weighted by Crippen LogP contribution is 2.38. The smallest absolute Gasteiger partial charge is 0.300 e. The third kappa shape index (κ3) is 3.54. The second-order valence-corrected chi connectivity index (χ2v) is 8.38. The molecule has 0 saturated carbocycles. The van der Waals surface area contributed by atoms with E-state index >= 15 is 0 Å². The topological polar surface area (TPSA) is 89.8 Å². The number of hydrogen-bond acceptors (Lipinski definition) is 6. The normalized spacial score (nSPS) is 20.6. The lowest BCUT2D eigenvalue weighted by Crippen LogP contribution is -2.42. The van der Waals surface area contributed by atoms with Gasteiger partial charge in [-0.2, -0.15) is 4.31 Å². The largest absolute Gasteiger partial charge is 0.377 e. The molecule has 0 radical (unpaired) electrons. The molecule has 1 fully saturated rings. The van der Waals surface area contributed by atoms with E-state index in [-0.39, 0.29) is 26.9 Å². The highest BCUT2D eigenvalue weighted by Gasteiger charge is 2.34. The van der Waals surface area contributed by atoms with E-state index in [0.717, 1.165) is 12.5 Å². The number of sulfonamides is 1. The zero-order chi connectivity index (χ0) is 15.6. The predicted molar refractivity (Wildman–Crippen MR) is 79.4 cm³/mol. The third-order valence-corrected chi connectivity index (χ3v) is 6.83. The van der Waals surface area contributed by atoms with E-state index in [1.54, 1.807) is 0 Å². The lowest BCUT2D eigenvalue weighted by Gasteiger charge is -2.31. The Labute approximate surface area is 131 Å². The molecule has 2 rings (SSSR count). The lowest BCUT2D eigenvalue weighted by atomic mass is 10.1. The van der Waals surface area contributed by atoms with Gasteiger partial charge in [0.2, 0.25) is 0 Å². The molecule has 10 heteroatoms. The number of ether oxygens (including phenoxy) is 1. The van der Waals surface area contributed by atoms with Crippen LogP contribution in [0.15, 0.2) is 10.3 Å². The van der Waals surface area contributed by atoms with Gasteiger partial charge in [-0.15, -0.1) is 11.3 Å². The molecule has 1 unspecified atom stereocenters. The quantitative estimate of drug-likeness (QED) is 0.598. The van der Waals surface area contributed by atoms with Crippen LogP contribution in [0.2, 0.25) is 4.34 Å². The Kier molecular flexibility index (Phi) is 5.20. The molecule has 2 heterocycles. The number of rotatable bonds is 5. The van der Waals surface area contributed by atoms with Crippen LogP contribution >= 0.6 is 22.9 Å². The second-order valence-electron chi connectivity index (χ2n) is 4.56. The van der Waals surface area contributed by atoms with Gasteiger partial charge in [-0.3, -0.25) is 10.1 Å². The molecule has 7 nitrogen and oxygen atoms in total. The van der Waals surface area contributed by atoms with Gasteiger partial charge < -0.3 is 4.74 Å². The molecule has 1 aromatic rings. The van der Waals surface area contributed by atoms with E-state index in [9.17, 15) is 18.5 Å². The SMILES string of the molecule is CCOC1CCCN(S(=O)(=O)c2cc([N+](=O)[O-])c(Cl)s2)C1. The van der Waals surface area contributed by atoms with Gasteiger partial charge in [-0.1, -0.05) is 11.6 Å². The molecule has 1 saturated heterocycles. The maximum absolute atomic E-state index is 12.5. The Balaban J connectivity index is 2.25. The molecular weight excluding hydrogens is 340 g/mol. The molecule has 1 aromatic heterocycles. The minimum absolute atomic E-state index is 0.101. The molecule has 0 aliphatic carbocycles. The van der Waals surface area contributed by atoms with Gasteiger partial charge >= 0.3 is 0 Å². The lowest BCUT2D eigenvalue weighted by molar-refractivity contribution is -0.384. The summed E-state index contributed by atoms with van der Waals surface area (Å²) in [7, 11) is -3.77. The van der Waals surface area contributed by atoms with Crippen molar-refractivity contribution >= 4 is 38.6 Å². The summed E-state index contributed by atoms with van der Waals surface area (Å²) in [6.07, 6.45) is 1.37. The van der Waals surface area contributed by atoms with Gasteiger partial charge in [0.15, 0.2) is 4.34 Å². The summed E-state index contributed by atoms with van der Waals surface area (Å²) in [6, 6.07) is 1.02. The summed E-state index contributed by atoms with van der Waals surface area (Å²) in [5.41, 5.74) is -0.376. The van der Waals surface area contributed by atoms with Crippen molar-refractivity contribution in [3.8, 4) is 0 Å². The fourth-order valence-electron chi connectivity index (χ4n) is 2.21. The Hall–Kier alpha value is -0.740. The number of halogens is 1. The van der Waals surface area contributed by atoms with Crippen molar-refractivity contribution < 1.29 is 18.1 Å². The molecule has 0 spiro atoms. The van der Waals surface area contributed by atoms with Crippen molar-refractivity contribution in [3.63, 3.8) is 0 Å². The van der Waals surface area contributed by atoms with Crippen LogP contribution in [0.5, 0.6) is 0 Å². The molecule has 1 aliphatic rings. The van der Waals surface area contributed by atoms with Crippen molar-refractivity contribution in [2.24, 2.45) is 0 Å². The van der Waals surface area contributed by atoms with Crippen LogP contribution in [-0.4, -0.2) is 43.4 Å². The van der Waals surface area contributed by atoms with Crippen LogP contribution in [0.4, 0.5) is 5.69 Å². The second kappa shape index (κ2) is 6.57. The number of hydrogen-bond donors (Lipinski definition) is 0. The molecule has 21 heavy (non-hydrogen) atoms. The van der Waals surface area contributed by atoms with E-state index in [2.05, 4.69) is 0 Å². The standard InChI is InChI=1S/C11H15ClN2O5S2/c1-2-19-8-4-3-5-13(7-8)21(17,18)10-6-9(14(15)16)11(12)20-10/h6,8H,2-5,7H2,1H3. The van der Waals surface area contributed by atoms with Crippen LogP contribution in [0.1, 0.15) is 19.8 Å². The molecule has 0 amide bonds. The summed E-state index contributed by atoms with van der Waals surface area (Å²) in [6.45, 7) is 3.03. The first-order valence-corrected chi connectivity index (χ1v) is 9.05.